The number of ether oxygens (including phenoxy) is 4. The number of carbonyl (C=O) groups excluding carboxylic acids is 4. The quantitative estimate of drug-likeness (QED) is 0.0206. The summed E-state index contributed by atoms with van der Waals surface area (Å²) >= 11 is 0. The molecule has 4 aliphatic rings. The molecule has 0 aromatic carbocycles. The van der Waals surface area contributed by atoms with E-state index in [0.717, 1.165) is 116 Å². The molecule has 96 heavy (non-hydrogen) atoms. The van der Waals surface area contributed by atoms with Gasteiger partial charge in [-0.25, -0.2) is 39.1 Å². The van der Waals surface area contributed by atoms with Crippen molar-refractivity contribution < 1.29 is 38.1 Å². The standard InChI is InChI=1S/4C19H27N3O2/c4*1-3-6-13-7-5-8-14(11-13)22-17-15-9-10-20-18(15)21-12-16(17)19(23)24-4-2/h4*9-10,12-14H,3-8,11H2,1-2H3,(H2,20,21,22)/t13?,14-;2*13-,14+;/m011./s1. The monoisotopic (exact) mass is 1320 g/mol. The first kappa shape index (κ1) is 72.1. The second-order valence-electron chi connectivity index (χ2n) is 26.7. The zero-order chi connectivity index (χ0) is 67.8. The average molecular weight is 1320 g/mol. The highest BCUT2D eigenvalue weighted by atomic mass is 16.5. The first-order valence-electron chi connectivity index (χ1n) is 36.5. The molecule has 20 nitrogen and oxygen atoms in total. The van der Waals surface area contributed by atoms with Gasteiger partial charge in [-0.3, -0.25) is 0 Å². The fourth-order valence-electron chi connectivity index (χ4n) is 15.3. The van der Waals surface area contributed by atoms with Crippen LogP contribution in [0.25, 0.3) is 44.1 Å². The Kier molecular flexibility index (Phi) is 27.7. The molecule has 8 heterocycles. The lowest BCUT2D eigenvalue weighted by atomic mass is 9.83. The smallest absolute Gasteiger partial charge is 0.341 e. The number of anilines is 4. The predicted molar refractivity (Wildman–Crippen MR) is 385 cm³/mol. The van der Waals surface area contributed by atoms with Gasteiger partial charge in [-0.2, -0.15) is 0 Å². The Bertz CT molecular complexity index is 3250. The molecule has 8 N–H and O–H groups in total. The second kappa shape index (κ2) is 36.8. The zero-order valence-electron chi connectivity index (χ0n) is 58.4. The number of fused-ring (bicyclic) bond motifs is 4. The number of aromatic nitrogens is 8. The maximum Gasteiger partial charge on any atom is 0.341 e. The lowest BCUT2D eigenvalue weighted by molar-refractivity contribution is 0.0517. The maximum absolute atomic E-state index is 12.3. The predicted octanol–water partition coefficient (Wildman–Crippen LogP) is 18.0. The van der Waals surface area contributed by atoms with E-state index in [1.165, 1.54) is 128 Å². The fraction of sp³-hybridized carbons (Fsp3) is 0.579. The first-order chi connectivity index (χ1) is 46.9. The maximum atomic E-state index is 12.3. The summed E-state index contributed by atoms with van der Waals surface area (Å²) in [7, 11) is 0. The second-order valence-corrected chi connectivity index (χ2v) is 26.7. The Morgan fingerprint density at radius 1 is 0.354 bits per heavy atom. The Morgan fingerprint density at radius 2 is 0.573 bits per heavy atom. The topological polar surface area (TPSA) is 268 Å². The van der Waals surface area contributed by atoms with Crippen LogP contribution in [0.15, 0.2) is 73.8 Å². The van der Waals surface area contributed by atoms with Crippen LogP contribution < -0.4 is 21.3 Å². The van der Waals surface area contributed by atoms with Crippen molar-refractivity contribution in [3.05, 3.63) is 96.1 Å². The van der Waals surface area contributed by atoms with Crippen molar-refractivity contribution in [2.75, 3.05) is 47.7 Å². The van der Waals surface area contributed by atoms with Crippen LogP contribution in [-0.2, 0) is 18.9 Å². The SMILES string of the molecule is CCCC1CCCC(Nc2c(C(=O)OCC)cnc3[nH]ccc23)C1.CCCC1CCC[C@H](Nc2c(C(=O)OCC)cnc3[nH]ccc23)C1.CCC[C@@H]1CCC[C@H](Nc2c(C(=O)OCC)cnc3[nH]ccc23)C1.CCC[C@@H]1CCC[C@H](Nc2c(C(=O)OCC)cnc3[nH]ccc23)C1. The summed E-state index contributed by atoms with van der Waals surface area (Å²) in [6.45, 7) is 17.8. The third kappa shape index (κ3) is 19.1. The third-order valence-electron chi connectivity index (χ3n) is 19.6. The van der Waals surface area contributed by atoms with Crippen molar-refractivity contribution in [2.24, 2.45) is 23.7 Å². The number of pyridine rings is 4. The van der Waals surface area contributed by atoms with Gasteiger partial charge in [0.1, 0.15) is 44.8 Å². The molecule has 8 atom stereocenters. The van der Waals surface area contributed by atoms with E-state index in [4.69, 9.17) is 18.9 Å². The van der Waals surface area contributed by atoms with Gasteiger partial charge >= 0.3 is 23.9 Å². The van der Waals surface area contributed by atoms with Gasteiger partial charge in [-0.15, -0.1) is 0 Å². The van der Waals surface area contributed by atoms with E-state index in [9.17, 15) is 19.2 Å². The molecule has 20 heteroatoms. The van der Waals surface area contributed by atoms with Crippen LogP contribution >= 0.6 is 0 Å². The van der Waals surface area contributed by atoms with Crippen molar-refractivity contribution in [3.8, 4) is 0 Å². The minimum Gasteiger partial charge on any atom is -0.462 e. The molecule has 0 amide bonds. The molecule has 3 unspecified atom stereocenters. The first-order valence-corrected chi connectivity index (χ1v) is 36.5. The average Bonchev–Trinajstić information content (AvgIpc) is 1.54. The van der Waals surface area contributed by atoms with Gasteiger partial charge in [0.05, 0.1) is 49.2 Å². The number of aromatic amines is 4. The van der Waals surface area contributed by atoms with Gasteiger partial charge in [-0.05, 0) is 127 Å². The molecule has 8 aromatic heterocycles. The van der Waals surface area contributed by atoms with Crippen molar-refractivity contribution in [2.45, 2.75) is 234 Å². The number of hydrogen-bond acceptors (Lipinski definition) is 16. The lowest BCUT2D eigenvalue weighted by Crippen LogP contribution is -2.28. The van der Waals surface area contributed by atoms with Crippen LogP contribution in [0.3, 0.4) is 0 Å². The number of esters is 4. The number of hydrogen-bond donors (Lipinski definition) is 8. The number of nitrogens with one attached hydrogen (secondary N) is 8. The Morgan fingerprint density at radius 3 is 0.771 bits per heavy atom. The van der Waals surface area contributed by atoms with Crippen LogP contribution in [0.2, 0.25) is 0 Å². The molecule has 0 radical (unpaired) electrons. The summed E-state index contributed by atoms with van der Waals surface area (Å²) in [6, 6.07) is 9.51. The molecular formula is C76H108N12O8. The molecule has 0 saturated heterocycles. The van der Waals surface area contributed by atoms with E-state index in [0.29, 0.717) is 72.8 Å². The summed E-state index contributed by atoms with van der Waals surface area (Å²) < 4.78 is 20.9. The fourth-order valence-corrected chi connectivity index (χ4v) is 15.3. The minimum atomic E-state index is -0.309. The van der Waals surface area contributed by atoms with Gasteiger partial charge < -0.3 is 60.2 Å². The summed E-state index contributed by atoms with van der Waals surface area (Å²) in [6.07, 6.45) is 43.6. The third-order valence-corrected chi connectivity index (χ3v) is 19.6. The molecule has 4 fully saturated rings. The molecule has 12 rings (SSSR count). The number of nitrogens with zero attached hydrogens (tertiary/aromatic N) is 4. The van der Waals surface area contributed by atoms with Gasteiger partial charge in [0, 0.05) is 95.3 Å². The van der Waals surface area contributed by atoms with Gasteiger partial charge in [0.15, 0.2) is 0 Å². The number of carbonyl (C=O) groups is 4. The van der Waals surface area contributed by atoms with Gasteiger partial charge in [0.2, 0.25) is 0 Å². The largest absolute Gasteiger partial charge is 0.462 e. The van der Waals surface area contributed by atoms with E-state index >= 15 is 0 Å². The van der Waals surface area contributed by atoms with Crippen LogP contribution in [0.1, 0.15) is 251 Å². The Labute approximate surface area is 567 Å². The molecule has 4 saturated carbocycles. The van der Waals surface area contributed by atoms with Crippen LogP contribution in [0.5, 0.6) is 0 Å². The molecular weight excluding hydrogens is 1210 g/mol. The molecule has 0 bridgehead atoms. The summed E-state index contributed by atoms with van der Waals surface area (Å²) in [4.78, 5) is 79.2. The van der Waals surface area contributed by atoms with E-state index in [1.807, 2.05) is 76.7 Å². The van der Waals surface area contributed by atoms with E-state index in [1.54, 1.807) is 24.8 Å². The van der Waals surface area contributed by atoms with Crippen molar-refractivity contribution in [3.63, 3.8) is 0 Å². The van der Waals surface area contributed by atoms with Crippen molar-refractivity contribution >= 4 is 90.8 Å². The summed E-state index contributed by atoms with van der Waals surface area (Å²) in [5.41, 5.74) is 8.76. The van der Waals surface area contributed by atoms with Gasteiger partial charge in [-0.1, -0.05) is 130 Å². The summed E-state index contributed by atoms with van der Waals surface area (Å²) in [5.74, 6) is 1.92. The highest BCUT2D eigenvalue weighted by Gasteiger charge is 2.30. The highest BCUT2D eigenvalue weighted by Crippen LogP contribution is 2.38. The minimum absolute atomic E-state index is 0.309. The molecule has 8 aromatic rings. The van der Waals surface area contributed by atoms with Crippen LogP contribution in [-0.4, -0.2) is 114 Å². The van der Waals surface area contributed by atoms with Crippen molar-refractivity contribution in [1.82, 2.24) is 39.9 Å². The Balaban J connectivity index is 0.000000150. The lowest BCUT2D eigenvalue weighted by Gasteiger charge is -2.31. The number of H-pyrrole nitrogens is 4. The van der Waals surface area contributed by atoms with E-state index < -0.39 is 0 Å². The zero-order valence-corrected chi connectivity index (χ0v) is 58.4. The number of rotatable bonds is 24. The van der Waals surface area contributed by atoms with Crippen LogP contribution in [0.4, 0.5) is 22.7 Å². The van der Waals surface area contributed by atoms with E-state index in [-0.39, 0.29) is 23.9 Å². The molecule has 4 aliphatic carbocycles. The normalized spacial score (nSPS) is 20.9. The highest BCUT2D eigenvalue weighted by molar-refractivity contribution is 6.07. The molecule has 0 spiro atoms. The van der Waals surface area contributed by atoms with E-state index in [2.05, 4.69) is 88.8 Å². The molecule has 520 valence electrons. The van der Waals surface area contributed by atoms with Gasteiger partial charge in [0.25, 0.3) is 0 Å². The summed E-state index contributed by atoms with van der Waals surface area (Å²) in [5, 5.41) is 18.4. The Hall–Kier alpha value is -8.16. The van der Waals surface area contributed by atoms with Crippen LogP contribution in [0, 0.1) is 23.7 Å². The van der Waals surface area contributed by atoms with Crippen molar-refractivity contribution in [1.29, 1.82) is 0 Å². The molecule has 0 aliphatic heterocycles.